The summed E-state index contributed by atoms with van der Waals surface area (Å²) in [6.07, 6.45) is 4.73. The maximum absolute atomic E-state index is 11.6. The summed E-state index contributed by atoms with van der Waals surface area (Å²) >= 11 is 0.977. The Morgan fingerprint density at radius 3 is 2.72 bits per heavy atom. The fourth-order valence-electron chi connectivity index (χ4n) is 2.79. The molecule has 1 aliphatic rings. The number of carboxylic acid groups (broad SMARTS) is 1. The molecule has 1 aliphatic heterocycles. The standard InChI is InChI=1S/C18H21N3O3S/c1-3-16-19-20-18(24-16)25-15(17(22)23)11-13-6-7-14(10-12(13)2)21-8-4-5-9-21/h6-7,10-11H,3-5,8-9H2,1-2H3,(H,22,23)/b15-11+. The molecule has 1 aromatic heterocycles. The first-order valence-corrected chi connectivity index (χ1v) is 9.19. The van der Waals surface area contributed by atoms with Gasteiger partial charge in [0, 0.05) is 25.2 Å². The smallest absolute Gasteiger partial charge is 0.342 e. The van der Waals surface area contributed by atoms with E-state index in [1.165, 1.54) is 18.5 Å². The average Bonchev–Trinajstić information content (AvgIpc) is 3.27. The zero-order valence-corrected chi connectivity index (χ0v) is 15.2. The maximum atomic E-state index is 11.6. The van der Waals surface area contributed by atoms with E-state index < -0.39 is 5.97 Å². The van der Waals surface area contributed by atoms with Gasteiger partial charge in [0.2, 0.25) is 5.89 Å². The highest BCUT2D eigenvalue weighted by Crippen LogP contribution is 2.30. The molecule has 0 unspecified atom stereocenters. The second kappa shape index (κ2) is 7.74. The van der Waals surface area contributed by atoms with E-state index in [2.05, 4.69) is 27.2 Å². The van der Waals surface area contributed by atoms with Gasteiger partial charge in [-0.25, -0.2) is 4.79 Å². The molecular formula is C18H21N3O3S. The molecule has 0 saturated carbocycles. The SMILES string of the molecule is CCc1nnc(S/C(=C/c2ccc(N3CCCC3)cc2C)C(=O)O)o1. The molecule has 3 rings (SSSR count). The molecule has 2 aromatic rings. The summed E-state index contributed by atoms with van der Waals surface area (Å²) in [6, 6.07) is 6.14. The van der Waals surface area contributed by atoms with Crippen LogP contribution in [0, 0.1) is 6.92 Å². The normalized spacial score (nSPS) is 15.0. The number of benzene rings is 1. The molecule has 0 aliphatic carbocycles. The van der Waals surface area contributed by atoms with Crippen LogP contribution in [0.4, 0.5) is 5.69 Å². The van der Waals surface area contributed by atoms with Crippen LogP contribution >= 0.6 is 11.8 Å². The molecule has 1 saturated heterocycles. The highest BCUT2D eigenvalue weighted by molar-refractivity contribution is 8.03. The number of aliphatic carboxylic acids is 1. The maximum Gasteiger partial charge on any atom is 0.342 e. The summed E-state index contributed by atoms with van der Waals surface area (Å²) in [4.78, 5) is 14.1. The Balaban J connectivity index is 1.83. The van der Waals surface area contributed by atoms with Gasteiger partial charge in [-0.3, -0.25) is 0 Å². The van der Waals surface area contributed by atoms with E-state index in [4.69, 9.17) is 4.42 Å². The third-order valence-corrected chi connectivity index (χ3v) is 5.02. The Bertz CT molecular complexity index is 795. The van der Waals surface area contributed by atoms with Crippen LogP contribution in [0.15, 0.2) is 32.7 Å². The zero-order valence-electron chi connectivity index (χ0n) is 14.4. The molecule has 0 amide bonds. The van der Waals surface area contributed by atoms with Crippen LogP contribution < -0.4 is 4.90 Å². The van der Waals surface area contributed by atoms with Crippen LogP contribution in [0.25, 0.3) is 6.08 Å². The lowest BCUT2D eigenvalue weighted by molar-refractivity contribution is -0.131. The fraction of sp³-hybridized carbons (Fsp3) is 0.389. The molecule has 7 heteroatoms. The number of rotatable bonds is 6. The van der Waals surface area contributed by atoms with Gasteiger partial charge in [-0.05, 0) is 60.9 Å². The number of nitrogens with zero attached hydrogens (tertiary/aromatic N) is 3. The summed E-state index contributed by atoms with van der Waals surface area (Å²) in [5, 5.41) is 17.5. The van der Waals surface area contributed by atoms with E-state index in [1.807, 2.05) is 19.9 Å². The Morgan fingerprint density at radius 2 is 2.12 bits per heavy atom. The van der Waals surface area contributed by atoms with Crippen LogP contribution in [0.2, 0.25) is 0 Å². The Morgan fingerprint density at radius 1 is 1.36 bits per heavy atom. The van der Waals surface area contributed by atoms with Gasteiger partial charge in [0.1, 0.15) is 4.91 Å². The van der Waals surface area contributed by atoms with Gasteiger partial charge < -0.3 is 14.4 Å². The van der Waals surface area contributed by atoms with Crippen LogP contribution in [-0.4, -0.2) is 34.4 Å². The van der Waals surface area contributed by atoms with E-state index in [-0.39, 0.29) is 10.1 Å². The molecule has 0 spiro atoms. The lowest BCUT2D eigenvalue weighted by Gasteiger charge is -2.18. The molecule has 1 fully saturated rings. The van der Waals surface area contributed by atoms with Crippen LogP contribution in [-0.2, 0) is 11.2 Å². The van der Waals surface area contributed by atoms with Gasteiger partial charge in [0.25, 0.3) is 5.22 Å². The zero-order chi connectivity index (χ0) is 17.8. The van der Waals surface area contributed by atoms with Crippen molar-refractivity contribution >= 4 is 29.5 Å². The molecule has 0 atom stereocenters. The van der Waals surface area contributed by atoms with Gasteiger partial charge in [-0.1, -0.05) is 13.0 Å². The monoisotopic (exact) mass is 359 g/mol. The van der Waals surface area contributed by atoms with E-state index in [1.54, 1.807) is 6.08 Å². The van der Waals surface area contributed by atoms with Gasteiger partial charge in [0.15, 0.2) is 0 Å². The Kier molecular flexibility index (Phi) is 5.43. The predicted octanol–water partition coefficient (Wildman–Crippen LogP) is 3.76. The molecule has 2 heterocycles. The second-order valence-corrected chi connectivity index (χ2v) is 6.96. The molecule has 132 valence electrons. The average molecular weight is 359 g/mol. The minimum absolute atomic E-state index is 0.156. The minimum Gasteiger partial charge on any atom is -0.477 e. The number of carboxylic acids is 1. The highest BCUT2D eigenvalue weighted by atomic mass is 32.2. The number of thioether (sulfide) groups is 1. The number of hydrogen-bond acceptors (Lipinski definition) is 6. The number of hydrogen-bond donors (Lipinski definition) is 1. The molecular weight excluding hydrogens is 338 g/mol. The van der Waals surface area contributed by atoms with Crippen LogP contribution in [0.3, 0.4) is 0 Å². The van der Waals surface area contributed by atoms with E-state index in [0.29, 0.717) is 12.3 Å². The molecule has 25 heavy (non-hydrogen) atoms. The predicted molar refractivity (Wildman–Crippen MR) is 97.8 cm³/mol. The van der Waals surface area contributed by atoms with E-state index >= 15 is 0 Å². The van der Waals surface area contributed by atoms with Crippen molar-refractivity contribution in [2.45, 2.75) is 38.3 Å². The number of aromatic nitrogens is 2. The van der Waals surface area contributed by atoms with Gasteiger partial charge in [-0.2, -0.15) is 0 Å². The quantitative estimate of drug-likeness (QED) is 0.621. The van der Waals surface area contributed by atoms with Crippen molar-refractivity contribution < 1.29 is 14.3 Å². The van der Waals surface area contributed by atoms with Crippen molar-refractivity contribution in [3.8, 4) is 0 Å². The van der Waals surface area contributed by atoms with Gasteiger partial charge in [0.05, 0.1) is 0 Å². The molecule has 0 radical (unpaired) electrons. The first-order chi connectivity index (χ1) is 12.1. The summed E-state index contributed by atoms with van der Waals surface area (Å²) in [5.74, 6) is -0.511. The van der Waals surface area contributed by atoms with Gasteiger partial charge >= 0.3 is 5.97 Å². The van der Waals surface area contributed by atoms with Crippen molar-refractivity contribution in [3.63, 3.8) is 0 Å². The number of aryl methyl sites for hydroxylation is 2. The minimum atomic E-state index is -1.01. The Hall–Kier alpha value is -2.28. The lowest BCUT2D eigenvalue weighted by Crippen LogP contribution is -2.17. The lowest BCUT2D eigenvalue weighted by atomic mass is 10.1. The fourth-order valence-corrected chi connectivity index (χ4v) is 3.47. The summed E-state index contributed by atoms with van der Waals surface area (Å²) < 4.78 is 5.40. The second-order valence-electron chi connectivity index (χ2n) is 5.97. The van der Waals surface area contributed by atoms with Crippen molar-refractivity contribution in [1.82, 2.24) is 10.2 Å². The summed E-state index contributed by atoms with van der Waals surface area (Å²) in [5.41, 5.74) is 3.12. The molecule has 1 N–H and O–H groups in total. The van der Waals surface area contributed by atoms with Gasteiger partial charge in [-0.15, -0.1) is 10.2 Å². The van der Waals surface area contributed by atoms with Crippen molar-refractivity contribution in [3.05, 3.63) is 40.1 Å². The largest absolute Gasteiger partial charge is 0.477 e. The summed E-state index contributed by atoms with van der Waals surface area (Å²) in [6.45, 7) is 6.07. The highest BCUT2D eigenvalue weighted by Gasteiger charge is 2.16. The third kappa shape index (κ3) is 4.22. The molecule has 6 nitrogen and oxygen atoms in total. The van der Waals surface area contributed by atoms with Crippen molar-refractivity contribution in [2.24, 2.45) is 0 Å². The van der Waals surface area contributed by atoms with Crippen LogP contribution in [0.1, 0.15) is 36.8 Å². The third-order valence-electron chi connectivity index (χ3n) is 4.17. The van der Waals surface area contributed by atoms with Crippen molar-refractivity contribution in [2.75, 3.05) is 18.0 Å². The first-order valence-electron chi connectivity index (χ1n) is 8.37. The summed E-state index contributed by atoms with van der Waals surface area (Å²) in [7, 11) is 0. The molecule has 1 aromatic carbocycles. The Labute approximate surface area is 150 Å². The van der Waals surface area contributed by atoms with Crippen molar-refractivity contribution in [1.29, 1.82) is 0 Å². The number of anilines is 1. The van der Waals surface area contributed by atoms with Crippen LogP contribution in [0.5, 0.6) is 0 Å². The topological polar surface area (TPSA) is 79.5 Å². The number of carbonyl (C=O) groups is 1. The molecule has 0 bridgehead atoms. The van der Waals surface area contributed by atoms with E-state index in [0.717, 1.165) is 36.0 Å². The first kappa shape index (κ1) is 17.5. The van der Waals surface area contributed by atoms with E-state index in [9.17, 15) is 9.90 Å².